The Hall–Kier alpha value is -0.590. The highest BCUT2D eigenvalue weighted by atomic mass is 14.7. The molecular weight excluding hydrogens is 158 g/mol. The molecule has 0 heterocycles. The SMILES string of the molecule is CC(C)(C)C=NC1=CCCCCC1. The van der Waals surface area contributed by atoms with Crippen LogP contribution < -0.4 is 0 Å². The van der Waals surface area contributed by atoms with Crippen LogP contribution in [0.25, 0.3) is 0 Å². The average molecular weight is 179 g/mol. The van der Waals surface area contributed by atoms with Crippen molar-refractivity contribution in [2.45, 2.75) is 52.9 Å². The second kappa shape index (κ2) is 4.59. The summed E-state index contributed by atoms with van der Waals surface area (Å²) in [6.07, 6.45) is 10.8. The Balaban J connectivity index is 2.51. The molecule has 0 unspecified atom stereocenters. The van der Waals surface area contributed by atoms with Gasteiger partial charge in [-0.25, -0.2) is 0 Å². The zero-order valence-electron chi connectivity index (χ0n) is 9.14. The van der Waals surface area contributed by atoms with Crippen molar-refractivity contribution < 1.29 is 0 Å². The minimum absolute atomic E-state index is 0.215. The van der Waals surface area contributed by atoms with Crippen molar-refractivity contribution in [2.75, 3.05) is 0 Å². The largest absolute Gasteiger partial charge is 0.265 e. The van der Waals surface area contributed by atoms with Crippen molar-refractivity contribution in [3.63, 3.8) is 0 Å². The summed E-state index contributed by atoms with van der Waals surface area (Å²) in [6.45, 7) is 6.56. The van der Waals surface area contributed by atoms with E-state index in [1.807, 2.05) is 0 Å². The van der Waals surface area contributed by atoms with Crippen molar-refractivity contribution in [2.24, 2.45) is 10.4 Å². The molecule has 0 amide bonds. The third kappa shape index (κ3) is 4.87. The highest BCUT2D eigenvalue weighted by Crippen LogP contribution is 2.19. The molecule has 0 spiro atoms. The fraction of sp³-hybridized carbons (Fsp3) is 0.750. The Morgan fingerprint density at radius 3 is 2.69 bits per heavy atom. The van der Waals surface area contributed by atoms with E-state index < -0.39 is 0 Å². The lowest BCUT2D eigenvalue weighted by atomic mass is 9.99. The third-order valence-corrected chi connectivity index (χ3v) is 2.13. The van der Waals surface area contributed by atoms with Crippen molar-refractivity contribution >= 4 is 6.21 Å². The van der Waals surface area contributed by atoms with Gasteiger partial charge in [0.2, 0.25) is 0 Å². The Bertz CT molecular complexity index is 206. The molecule has 0 bridgehead atoms. The summed E-state index contributed by atoms with van der Waals surface area (Å²) in [5, 5.41) is 0. The third-order valence-electron chi connectivity index (χ3n) is 2.13. The zero-order chi connectivity index (χ0) is 9.73. The van der Waals surface area contributed by atoms with Crippen molar-refractivity contribution in [1.29, 1.82) is 0 Å². The van der Waals surface area contributed by atoms with Gasteiger partial charge >= 0.3 is 0 Å². The van der Waals surface area contributed by atoms with Gasteiger partial charge < -0.3 is 0 Å². The Kier molecular flexibility index (Phi) is 3.71. The highest BCUT2D eigenvalue weighted by molar-refractivity contribution is 5.65. The molecule has 1 nitrogen and oxygen atoms in total. The van der Waals surface area contributed by atoms with Crippen LogP contribution >= 0.6 is 0 Å². The number of rotatable bonds is 1. The van der Waals surface area contributed by atoms with Gasteiger partial charge in [0.15, 0.2) is 0 Å². The van der Waals surface area contributed by atoms with E-state index in [9.17, 15) is 0 Å². The van der Waals surface area contributed by atoms with Gasteiger partial charge in [-0.05, 0) is 31.1 Å². The van der Waals surface area contributed by atoms with Crippen molar-refractivity contribution in [1.82, 2.24) is 0 Å². The summed E-state index contributed by atoms with van der Waals surface area (Å²) in [4.78, 5) is 4.55. The maximum Gasteiger partial charge on any atom is 0.0360 e. The molecule has 0 aromatic rings. The van der Waals surface area contributed by atoms with E-state index >= 15 is 0 Å². The monoisotopic (exact) mass is 179 g/mol. The molecule has 1 heteroatoms. The number of nitrogens with zero attached hydrogens (tertiary/aromatic N) is 1. The lowest BCUT2D eigenvalue weighted by molar-refractivity contribution is 0.605. The lowest BCUT2D eigenvalue weighted by Crippen LogP contribution is -2.06. The number of aliphatic imine (C=N–C) groups is 1. The molecule has 0 atom stereocenters. The Morgan fingerprint density at radius 1 is 1.23 bits per heavy atom. The smallest absolute Gasteiger partial charge is 0.0360 e. The average Bonchev–Trinajstić information content (AvgIpc) is 2.26. The van der Waals surface area contributed by atoms with Gasteiger partial charge in [0.25, 0.3) is 0 Å². The van der Waals surface area contributed by atoms with Gasteiger partial charge in [-0.1, -0.05) is 33.3 Å². The Labute approximate surface area is 82.0 Å². The maximum absolute atomic E-state index is 4.55. The molecule has 1 aliphatic rings. The molecule has 0 saturated heterocycles. The number of hydrogen-bond donors (Lipinski definition) is 0. The first-order chi connectivity index (χ1) is 6.08. The normalized spacial score (nSPS) is 20.1. The van der Waals surface area contributed by atoms with Gasteiger partial charge in [-0.2, -0.15) is 0 Å². The van der Waals surface area contributed by atoms with E-state index in [1.54, 1.807) is 0 Å². The van der Waals surface area contributed by atoms with Crippen LogP contribution in [-0.4, -0.2) is 6.21 Å². The van der Waals surface area contributed by atoms with Crippen LogP contribution in [0.15, 0.2) is 16.8 Å². The summed E-state index contributed by atoms with van der Waals surface area (Å²) in [5.74, 6) is 0. The summed E-state index contributed by atoms with van der Waals surface area (Å²) in [6, 6.07) is 0. The van der Waals surface area contributed by atoms with Gasteiger partial charge in [0, 0.05) is 11.9 Å². The highest BCUT2D eigenvalue weighted by Gasteiger charge is 2.06. The summed E-state index contributed by atoms with van der Waals surface area (Å²) >= 11 is 0. The molecule has 0 aromatic carbocycles. The van der Waals surface area contributed by atoms with E-state index in [-0.39, 0.29) is 5.41 Å². The molecule has 1 rings (SSSR count). The standard InChI is InChI=1S/C12H21N/c1-12(2,3)10-13-11-8-6-4-5-7-9-11/h8,10H,4-7,9H2,1-3H3. The molecule has 0 N–H and O–H groups in total. The first-order valence-electron chi connectivity index (χ1n) is 5.32. The second-order valence-corrected chi connectivity index (χ2v) is 4.92. The molecule has 0 aromatic heterocycles. The van der Waals surface area contributed by atoms with Gasteiger partial charge in [-0.15, -0.1) is 0 Å². The number of allylic oxidation sites excluding steroid dienone is 2. The summed E-state index contributed by atoms with van der Waals surface area (Å²) in [7, 11) is 0. The van der Waals surface area contributed by atoms with E-state index in [2.05, 4.69) is 38.1 Å². The maximum atomic E-state index is 4.55. The van der Waals surface area contributed by atoms with Gasteiger partial charge in [0.05, 0.1) is 0 Å². The van der Waals surface area contributed by atoms with Crippen LogP contribution in [0.2, 0.25) is 0 Å². The topological polar surface area (TPSA) is 12.4 Å². The lowest BCUT2D eigenvalue weighted by Gasteiger charge is -2.10. The fourth-order valence-electron chi connectivity index (χ4n) is 1.39. The fourth-order valence-corrected chi connectivity index (χ4v) is 1.39. The molecule has 1 aliphatic carbocycles. The quantitative estimate of drug-likeness (QED) is 0.540. The molecule has 0 aliphatic heterocycles. The minimum Gasteiger partial charge on any atom is -0.265 e. The van der Waals surface area contributed by atoms with Crippen molar-refractivity contribution in [3.8, 4) is 0 Å². The molecule has 0 fully saturated rings. The first-order valence-corrected chi connectivity index (χ1v) is 5.32. The number of hydrogen-bond acceptors (Lipinski definition) is 1. The van der Waals surface area contributed by atoms with E-state index in [0.29, 0.717) is 0 Å². The predicted molar refractivity (Wildman–Crippen MR) is 59.1 cm³/mol. The first kappa shape index (κ1) is 10.5. The predicted octanol–water partition coefficient (Wildman–Crippen LogP) is 3.95. The van der Waals surface area contributed by atoms with E-state index in [1.165, 1.54) is 37.8 Å². The van der Waals surface area contributed by atoms with Gasteiger partial charge in [-0.3, -0.25) is 4.99 Å². The van der Waals surface area contributed by atoms with Crippen LogP contribution in [0.3, 0.4) is 0 Å². The van der Waals surface area contributed by atoms with Crippen LogP contribution in [0.4, 0.5) is 0 Å². The minimum atomic E-state index is 0.215. The molecule has 0 saturated carbocycles. The van der Waals surface area contributed by atoms with Crippen LogP contribution in [-0.2, 0) is 0 Å². The zero-order valence-corrected chi connectivity index (χ0v) is 9.14. The molecule has 0 radical (unpaired) electrons. The van der Waals surface area contributed by atoms with Crippen molar-refractivity contribution in [3.05, 3.63) is 11.8 Å². The molecule has 13 heavy (non-hydrogen) atoms. The molecular formula is C12H21N. The van der Waals surface area contributed by atoms with Crippen LogP contribution in [0.1, 0.15) is 52.9 Å². The van der Waals surface area contributed by atoms with Crippen LogP contribution in [0, 0.1) is 5.41 Å². The van der Waals surface area contributed by atoms with E-state index in [4.69, 9.17) is 0 Å². The molecule has 74 valence electrons. The Morgan fingerprint density at radius 2 is 2.00 bits per heavy atom. The van der Waals surface area contributed by atoms with Gasteiger partial charge in [0.1, 0.15) is 0 Å². The second-order valence-electron chi connectivity index (χ2n) is 4.92. The van der Waals surface area contributed by atoms with Crippen LogP contribution in [0.5, 0.6) is 0 Å². The van der Waals surface area contributed by atoms with E-state index in [0.717, 1.165) is 0 Å². The summed E-state index contributed by atoms with van der Waals surface area (Å²) in [5.41, 5.74) is 1.51. The summed E-state index contributed by atoms with van der Waals surface area (Å²) < 4.78 is 0.